The minimum atomic E-state index is -0.0959. The molecule has 0 saturated carbocycles. The summed E-state index contributed by atoms with van der Waals surface area (Å²) in [4.78, 5) is 11.3. The number of nitrogens with zero attached hydrogens (tertiary/aromatic N) is 3. The summed E-state index contributed by atoms with van der Waals surface area (Å²) in [7, 11) is 0. The van der Waals surface area contributed by atoms with Crippen molar-refractivity contribution in [3.05, 3.63) is 78.6 Å². The molecule has 0 spiro atoms. The molecule has 4 aromatic rings. The fourth-order valence-electron chi connectivity index (χ4n) is 3.00. The zero-order valence-electron chi connectivity index (χ0n) is 14.8. The first-order valence-electron chi connectivity index (χ1n) is 8.58. The lowest BCUT2D eigenvalue weighted by atomic mass is 10.1. The number of aromatic nitrogens is 3. The second kappa shape index (κ2) is 7.63. The zero-order valence-corrected chi connectivity index (χ0v) is 15.6. The maximum absolute atomic E-state index is 11.3. The van der Waals surface area contributed by atoms with Crippen LogP contribution in [0.2, 0.25) is 0 Å². The van der Waals surface area contributed by atoms with Crippen molar-refractivity contribution in [2.45, 2.75) is 17.8 Å². The van der Waals surface area contributed by atoms with Gasteiger partial charge in [0.25, 0.3) is 0 Å². The van der Waals surface area contributed by atoms with Gasteiger partial charge < -0.3 is 5.32 Å². The van der Waals surface area contributed by atoms with Gasteiger partial charge in [-0.2, -0.15) is 0 Å². The maximum atomic E-state index is 11.3. The van der Waals surface area contributed by atoms with Crippen molar-refractivity contribution >= 4 is 34.1 Å². The van der Waals surface area contributed by atoms with Crippen LogP contribution in [0.1, 0.15) is 12.5 Å². The highest BCUT2D eigenvalue weighted by Crippen LogP contribution is 2.28. The van der Waals surface area contributed by atoms with E-state index >= 15 is 0 Å². The molecule has 1 aromatic heterocycles. The Hall–Kier alpha value is -3.12. The summed E-state index contributed by atoms with van der Waals surface area (Å²) in [6, 6.07) is 22.4. The van der Waals surface area contributed by atoms with Crippen LogP contribution in [0.4, 0.5) is 5.69 Å². The van der Waals surface area contributed by atoms with Crippen LogP contribution in [-0.4, -0.2) is 20.7 Å². The van der Waals surface area contributed by atoms with Crippen molar-refractivity contribution in [3.8, 4) is 5.69 Å². The maximum Gasteiger partial charge on any atom is 0.221 e. The van der Waals surface area contributed by atoms with Crippen LogP contribution in [0.25, 0.3) is 16.5 Å². The van der Waals surface area contributed by atoms with Crippen LogP contribution >= 0.6 is 11.8 Å². The summed E-state index contributed by atoms with van der Waals surface area (Å²) >= 11 is 1.64. The lowest BCUT2D eigenvalue weighted by molar-refractivity contribution is -0.114. The van der Waals surface area contributed by atoms with E-state index in [0.29, 0.717) is 0 Å². The molecule has 0 bridgehead atoms. The predicted octanol–water partition coefficient (Wildman–Crippen LogP) is 4.67. The number of carbonyl (C=O) groups excluding carboxylic acids is 1. The number of nitrogens with one attached hydrogen (secondary N) is 1. The lowest BCUT2D eigenvalue weighted by Gasteiger charge is -2.09. The molecule has 0 aliphatic rings. The molecule has 134 valence electrons. The Balaban J connectivity index is 1.58. The first-order chi connectivity index (χ1) is 13.2. The summed E-state index contributed by atoms with van der Waals surface area (Å²) in [6.45, 7) is 1.50. The number of benzene rings is 3. The molecule has 6 heteroatoms. The fraction of sp³-hybridized carbons (Fsp3) is 0.0952. The van der Waals surface area contributed by atoms with Crippen LogP contribution in [0, 0.1) is 0 Å². The summed E-state index contributed by atoms with van der Waals surface area (Å²) in [5.74, 6) is 0.701. The highest BCUT2D eigenvalue weighted by Gasteiger charge is 2.10. The molecule has 5 nitrogen and oxygen atoms in total. The molecule has 27 heavy (non-hydrogen) atoms. The standard InChI is InChI=1S/C21H18N4OS/c1-15(26)23-18-9-5-10-19(12-18)25-14-22-24-21(25)27-13-17-8-4-7-16-6-2-3-11-20(16)17/h2-12,14H,13H2,1H3,(H,23,26). The second-order valence-corrected chi connectivity index (χ2v) is 7.08. The molecule has 4 rings (SSSR count). The van der Waals surface area contributed by atoms with E-state index in [0.717, 1.165) is 22.3 Å². The zero-order chi connectivity index (χ0) is 18.6. The predicted molar refractivity (Wildman–Crippen MR) is 109 cm³/mol. The number of thioether (sulfide) groups is 1. The summed E-state index contributed by atoms with van der Waals surface area (Å²) in [5.41, 5.74) is 2.92. The van der Waals surface area contributed by atoms with Crippen molar-refractivity contribution in [1.29, 1.82) is 0 Å². The Labute approximate surface area is 161 Å². The molecule has 1 amide bonds. The second-order valence-electron chi connectivity index (χ2n) is 6.14. The topological polar surface area (TPSA) is 59.8 Å². The van der Waals surface area contributed by atoms with E-state index in [2.05, 4.69) is 58.0 Å². The molecule has 1 heterocycles. The van der Waals surface area contributed by atoms with Gasteiger partial charge in [-0.15, -0.1) is 10.2 Å². The van der Waals surface area contributed by atoms with E-state index in [9.17, 15) is 4.79 Å². The van der Waals surface area contributed by atoms with Gasteiger partial charge in [0.15, 0.2) is 5.16 Å². The van der Waals surface area contributed by atoms with E-state index in [1.54, 1.807) is 18.1 Å². The smallest absolute Gasteiger partial charge is 0.221 e. The van der Waals surface area contributed by atoms with Crippen molar-refractivity contribution in [3.63, 3.8) is 0 Å². The van der Waals surface area contributed by atoms with Gasteiger partial charge in [-0.1, -0.05) is 60.3 Å². The van der Waals surface area contributed by atoms with Gasteiger partial charge in [0, 0.05) is 18.4 Å². The molecule has 3 aromatic carbocycles. The first kappa shape index (κ1) is 17.3. The van der Waals surface area contributed by atoms with Crippen LogP contribution in [0.5, 0.6) is 0 Å². The molecular formula is C21H18N4OS. The third kappa shape index (κ3) is 3.85. The number of rotatable bonds is 5. The van der Waals surface area contributed by atoms with Crippen molar-refractivity contribution in [2.75, 3.05) is 5.32 Å². The molecule has 0 aliphatic heterocycles. The largest absolute Gasteiger partial charge is 0.326 e. The quantitative estimate of drug-likeness (QED) is 0.516. The van der Waals surface area contributed by atoms with Crippen molar-refractivity contribution in [2.24, 2.45) is 0 Å². The van der Waals surface area contributed by atoms with Crippen LogP contribution in [0.15, 0.2) is 78.2 Å². The van der Waals surface area contributed by atoms with E-state index in [1.165, 1.54) is 23.3 Å². The number of amides is 1. The Morgan fingerprint density at radius 2 is 1.89 bits per heavy atom. The van der Waals surface area contributed by atoms with Crippen LogP contribution in [0.3, 0.4) is 0 Å². The molecule has 0 saturated heterocycles. The SMILES string of the molecule is CC(=O)Nc1cccc(-n2cnnc2SCc2cccc3ccccc23)c1. The molecule has 0 atom stereocenters. The van der Waals surface area contributed by atoms with Gasteiger partial charge in [-0.05, 0) is 34.5 Å². The molecule has 0 radical (unpaired) electrons. The van der Waals surface area contributed by atoms with E-state index < -0.39 is 0 Å². The number of hydrogen-bond donors (Lipinski definition) is 1. The third-order valence-electron chi connectivity index (χ3n) is 4.20. The Bertz CT molecular complexity index is 1100. The minimum absolute atomic E-state index is 0.0959. The average molecular weight is 374 g/mol. The minimum Gasteiger partial charge on any atom is -0.326 e. The van der Waals surface area contributed by atoms with Gasteiger partial charge in [-0.3, -0.25) is 9.36 Å². The van der Waals surface area contributed by atoms with E-state index in [4.69, 9.17) is 0 Å². The number of hydrogen-bond acceptors (Lipinski definition) is 4. The number of anilines is 1. The highest BCUT2D eigenvalue weighted by molar-refractivity contribution is 7.98. The van der Waals surface area contributed by atoms with Gasteiger partial charge in [-0.25, -0.2) is 0 Å². The monoisotopic (exact) mass is 374 g/mol. The molecule has 1 N–H and O–H groups in total. The summed E-state index contributed by atoms with van der Waals surface area (Å²) in [6.07, 6.45) is 1.69. The molecule has 0 aliphatic carbocycles. The lowest BCUT2D eigenvalue weighted by Crippen LogP contribution is -2.06. The Morgan fingerprint density at radius 3 is 2.78 bits per heavy atom. The van der Waals surface area contributed by atoms with Gasteiger partial charge in [0.1, 0.15) is 6.33 Å². The first-order valence-corrected chi connectivity index (χ1v) is 9.57. The summed E-state index contributed by atoms with van der Waals surface area (Å²) in [5, 5.41) is 14.4. The Kier molecular flexibility index (Phi) is 4.89. The number of fused-ring (bicyclic) bond motifs is 1. The van der Waals surface area contributed by atoms with Gasteiger partial charge in [0.05, 0.1) is 5.69 Å². The van der Waals surface area contributed by atoms with E-state index in [1.807, 2.05) is 28.8 Å². The van der Waals surface area contributed by atoms with Gasteiger partial charge in [0.2, 0.25) is 5.91 Å². The third-order valence-corrected chi connectivity index (χ3v) is 5.19. The van der Waals surface area contributed by atoms with Crippen molar-refractivity contribution in [1.82, 2.24) is 14.8 Å². The fourth-order valence-corrected chi connectivity index (χ4v) is 3.93. The van der Waals surface area contributed by atoms with Crippen LogP contribution in [-0.2, 0) is 10.5 Å². The van der Waals surface area contributed by atoms with Crippen LogP contribution < -0.4 is 5.32 Å². The average Bonchev–Trinajstić information content (AvgIpc) is 3.14. The van der Waals surface area contributed by atoms with Gasteiger partial charge >= 0.3 is 0 Å². The highest BCUT2D eigenvalue weighted by atomic mass is 32.2. The van der Waals surface area contributed by atoms with Crippen molar-refractivity contribution < 1.29 is 4.79 Å². The molecule has 0 unspecified atom stereocenters. The number of carbonyl (C=O) groups is 1. The van der Waals surface area contributed by atoms with E-state index in [-0.39, 0.29) is 5.91 Å². The molecule has 0 fully saturated rings. The normalized spacial score (nSPS) is 10.9. The summed E-state index contributed by atoms with van der Waals surface area (Å²) < 4.78 is 1.93. The molecular weight excluding hydrogens is 356 g/mol. The Morgan fingerprint density at radius 1 is 1.07 bits per heavy atom.